The van der Waals surface area contributed by atoms with Gasteiger partial charge in [0, 0.05) is 24.3 Å². The summed E-state index contributed by atoms with van der Waals surface area (Å²) in [5.41, 5.74) is -0.763. The summed E-state index contributed by atoms with van der Waals surface area (Å²) in [5, 5.41) is 3.42. The number of carbonyl (C=O) groups is 2. The highest BCUT2D eigenvalue weighted by atomic mass is 35.5. The number of nitrogens with zero attached hydrogens (tertiary/aromatic N) is 2. The lowest BCUT2D eigenvalue weighted by Crippen LogP contribution is -2.62. The van der Waals surface area contributed by atoms with Crippen LogP contribution in [0.25, 0.3) is 0 Å². The molecule has 0 saturated carbocycles. The highest BCUT2D eigenvalue weighted by Gasteiger charge is 2.50. The molecule has 1 N–H and O–H groups in total. The first kappa shape index (κ1) is 19.2. The number of amides is 2. The first-order valence-corrected chi connectivity index (χ1v) is 9.32. The quantitative estimate of drug-likeness (QED) is 0.772. The van der Waals surface area contributed by atoms with Crippen LogP contribution in [-0.2, 0) is 16.1 Å². The van der Waals surface area contributed by atoms with E-state index in [0.717, 1.165) is 18.4 Å². The zero-order valence-corrected chi connectivity index (χ0v) is 16.1. The zero-order chi connectivity index (χ0) is 19.4. The maximum atomic E-state index is 13.1. The van der Waals surface area contributed by atoms with Crippen molar-refractivity contribution in [2.75, 3.05) is 11.4 Å². The Hall–Kier alpha value is -2.60. The Morgan fingerprint density at radius 1 is 1.30 bits per heavy atom. The number of aromatic nitrogens is 1. The van der Waals surface area contributed by atoms with Crippen LogP contribution in [0.4, 0.5) is 5.82 Å². The summed E-state index contributed by atoms with van der Waals surface area (Å²) in [7, 11) is 0. The second kappa shape index (κ2) is 7.96. The van der Waals surface area contributed by atoms with Gasteiger partial charge in [0.1, 0.15) is 0 Å². The van der Waals surface area contributed by atoms with E-state index in [9.17, 15) is 9.59 Å². The molecule has 1 aliphatic heterocycles. The number of anilines is 1. The number of carbonyl (C=O) groups excluding carboxylic acids is 2. The fourth-order valence-corrected chi connectivity index (χ4v) is 3.03. The standard InChI is InChI=1S/C20H22ClN3O3/c1-3-4-12-24-17-16(6-5-11-22-17)27-20(2,19(24)26)18(25)23-13-14-7-9-15(21)10-8-14/h5-11H,3-4,12-13H2,1-2H3,(H,23,25)/t20-/m0/s1. The van der Waals surface area contributed by atoms with Crippen LogP contribution in [0.3, 0.4) is 0 Å². The van der Waals surface area contributed by atoms with Crippen molar-refractivity contribution in [3.05, 3.63) is 53.2 Å². The van der Waals surface area contributed by atoms with E-state index in [1.807, 2.05) is 19.1 Å². The number of unbranched alkanes of at least 4 members (excludes halogenated alkanes) is 1. The lowest BCUT2D eigenvalue weighted by Gasteiger charge is -2.38. The van der Waals surface area contributed by atoms with Gasteiger partial charge in [-0.15, -0.1) is 0 Å². The van der Waals surface area contributed by atoms with Gasteiger partial charge < -0.3 is 10.1 Å². The number of pyridine rings is 1. The minimum Gasteiger partial charge on any atom is -0.464 e. The molecule has 0 fully saturated rings. The van der Waals surface area contributed by atoms with Gasteiger partial charge in [-0.3, -0.25) is 14.5 Å². The number of halogens is 1. The van der Waals surface area contributed by atoms with Gasteiger partial charge >= 0.3 is 0 Å². The van der Waals surface area contributed by atoms with Gasteiger partial charge in [-0.1, -0.05) is 37.1 Å². The monoisotopic (exact) mass is 387 g/mol. The Balaban J connectivity index is 1.81. The summed E-state index contributed by atoms with van der Waals surface area (Å²) in [6.45, 7) is 4.31. The van der Waals surface area contributed by atoms with Crippen molar-refractivity contribution < 1.29 is 14.3 Å². The number of rotatable bonds is 6. The molecule has 2 heterocycles. The summed E-state index contributed by atoms with van der Waals surface area (Å²) >= 11 is 5.88. The normalized spacial score (nSPS) is 18.6. The second-order valence-electron chi connectivity index (χ2n) is 6.58. The van der Waals surface area contributed by atoms with Crippen LogP contribution in [0.2, 0.25) is 5.02 Å². The molecular formula is C20H22ClN3O3. The molecule has 3 rings (SSSR count). The molecule has 1 aliphatic rings. The molecule has 1 atom stereocenters. The number of ether oxygens (including phenoxy) is 1. The lowest BCUT2D eigenvalue weighted by molar-refractivity contribution is -0.148. The molecule has 142 valence electrons. The van der Waals surface area contributed by atoms with Gasteiger partial charge in [0.05, 0.1) is 0 Å². The largest absolute Gasteiger partial charge is 0.464 e. The molecule has 27 heavy (non-hydrogen) atoms. The van der Waals surface area contributed by atoms with Gasteiger partial charge in [0.15, 0.2) is 11.6 Å². The van der Waals surface area contributed by atoms with E-state index in [-0.39, 0.29) is 6.54 Å². The van der Waals surface area contributed by atoms with Crippen LogP contribution in [0.1, 0.15) is 32.3 Å². The third-order valence-electron chi connectivity index (χ3n) is 4.51. The van der Waals surface area contributed by atoms with Crippen LogP contribution >= 0.6 is 11.6 Å². The third kappa shape index (κ3) is 3.90. The van der Waals surface area contributed by atoms with E-state index in [2.05, 4.69) is 10.3 Å². The average Bonchev–Trinajstić information content (AvgIpc) is 2.67. The molecule has 6 nitrogen and oxygen atoms in total. The first-order chi connectivity index (χ1) is 13.0. The van der Waals surface area contributed by atoms with E-state index in [1.54, 1.807) is 35.4 Å². The molecule has 0 radical (unpaired) electrons. The van der Waals surface area contributed by atoms with Crippen molar-refractivity contribution in [2.24, 2.45) is 0 Å². The molecule has 0 saturated heterocycles. The SMILES string of the molecule is CCCCN1C(=O)[C@](C)(C(=O)NCc2ccc(Cl)cc2)Oc2cccnc21. The van der Waals surface area contributed by atoms with Crippen molar-refractivity contribution in [1.82, 2.24) is 10.3 Å². The fourth-order valence-electron chi connectivity index (χ4n) is 2.90. The number of fused-ring (bicyclic) bond motifs is 1. The molecule has 7 heteroatoms. The Labute approximate surface area is 163 Å². The molecule has 2 amide bonds. The van der Waals surface area contributed by atoms with Crippen LogP contribution in [-0.4, -0.2) is 28.9 Å². The van der Waals surface area contributed by atoms with E-state index in [0.29, 0.717) is 23.1 Å². The van der Waals surface area contributed by atoms with Gasteiger partial charge in [0.25, 0.3) is 17.4 Å². The van der Waals surface area contributed by atoms with Gasteiger partial charge in [0.2, 0.25) is 0 Å². The van der Waals surface area contributed by atoms with Crippen molar-refractivity contribution in [3.63, 3.8) is 0 Å². The lowest BCUT2D eigenvalue weighted by atomic mass is 10.0. The number of hydrogen-bond acceptors (Lipinski definition) is 4. The molecule has 0 spiro atoms. The molecule has 0 aliphatic carbocycles. The maximum absolute atomic E-state index is 13.1. The summed E-state index contributed by atoms with van der Waals surface area (Å²) < 4.78 is 5.82. The zero-order valence-electron chi connectivity index (χ0n) is 15.4. The van der Waals surface area contributed by atoms with E-state index in [1.165, 1.54) is 6.92 Å². The third-order valence-corrected chi connectivity index (χ3v) is 4.76. The fraction of sp³-hybridized carbons (Fsp3) is 0.350. The van der Waals surface area contributed by atoms with Gasteiger partial charge in [-0.05, 0) is 43.2 Å². The Morgan fingerprint density at radius 2 is 2.04 bits per heavy atom. The highest BCUT2D eigenvalue weighted by Crippen LogP contribution is 2.36. The van der Waals surface area contributed by atoms with Crippen LogP contribution in [0.5, 0.6) is 5.75 Å². The predicted molar refractivity (Wildman–Crippen MR) is 104 cm³/mol. The summed E-state index contributed by atoms with van der Waals surface area (Å²) in [5.74, 6) is -0.00881. The van der Waals surface area contributed by atoms with E-state index < -0.39 is 17.4 Å². The van der Waals surface area contributed by atoms with Crippen LogP contribution in [0.15, 0.2) is 42.6 Å². The van der Waals surface area contributed by atoms with Crippen LogP contribution in [0, 0.1) is 0 Å². The van der Waals surface area contributed by atoms with Crippen molar-refractivity contribution in [3.8, 4) is 5.75 Å². The summed E-state index contributed by atoms with van der Waals surface area (Å²) in [6.07, 6.45) is 3.34. The Kier molecular flexibility index (Phi) is 5.65. The van der Waals surface area contributed by atoms with Crippen molar-refractivity contribution in [1.29, 1.82) is 0 Å². The van der Waals surface area contributed by atoms with Crippen molar-refractivity contribution in [2.45, 2.75) is 38.8 Å². The minimum absolute atomic E-state index is 0.275. The van der Waals surface area contributed by atoms with Gasteiger partial charge in [-0.2, -0.15) is 0 Å². The molecule has 1 aromatic heterocycles. The van der Waals surface area contributed by atoms with Crippen molar-refractivity contribution >= 4 is 29.2 Å². The van der Waals surface area contributed by atoms with Gasteiger partial charge in [-0.25, -0.2) is 4.98 Å². The van der Waals surface area contributed by atoms with E-state index in [4.69, 9.17) is 16.3 Å². The maximum Gasteiger partial charge on any atom is 0.282 e. The smallest absolute Gasteiger partial charge is 0.282 e. The second-order valence-corrected chi connectivity index (χ2v) is 7.02. The molecule has 0 bridgehead atoms. The van der Waals surface area contributed by atoms with Crippen LogP contribution < -0.4 is 15.0 Å². The summed E-state index contributed by atoms with van der Waals surface area (Å²) in [6, 6.07) is 10.6. The topological polar surface area (TPSA) is 71.5 Å². The average molecular weight is 388 g/mol. The molecule has 0 unspecified atom stereocenters. The van der Waals surface area contributed by atoms with E-state index >= 15 is 0 Å². The molecular weight excluding hydrogens is 366 g/mol. The molecule has 2 aromatic rings. The number of benzene rings is 1. The number of nitrogens with one attached hydrogen (secondary N) is 1. The Morgan fingerprint density at radius 3 is 2.74 bits per heavy atom. The number of hydrogen-bond donors (Lipinski definition) is 1. The minimum atomic E-state index is -1.64. The summed E-state index contributed by atoms with van der Waals surface area (Å²) in [4.78, 5) is 31.8. The first-order valence-electron chi connectivity index (χ1n) is 8.94. The highest BCUT2D eigenvalue weighted by molar-refractivity contribution is 6.30. The Bertz CT molecular complexity index is 841. The molecule has 1 aromatic carbocycles. The predicted octanol–water partition coefficient (Wildman–Crippen LogP) is 3.34.